The van der Waals surface area contributed by atoms with Gasteiger partial charge in [0.1, 0.15) is 0 Å². The fourth-order valence-electron chi connectivity index (χ4n) is 1.55. The van der Waals surface area contributed by atoms with Crippen LogP contribution in [0.3, 0.4) is 0 Å². The van der Waals surface area contributed by atoms with Gasteiger partial charge in [-0.1, -0.05) is 50.3 Å². The number of hydrogen-bond acceptors (Lipinski definition) is 1. The lowest BCUT2D eigenvalue weighted by Gasteiger charge is -2.22. The monoisotopic (exact) mass is 190 g/mol. The summed E-state index contributed by atoms with van der Waals surface area (Å²) in [5.74, 6) is 0.286. The van der Waals surface area contributed by atoms with E-state index in [4.69, 9.17) is 0 Å². The van der Waals surface area contributed by atoms with E-state index < -0.39 is 0 Å². The highest BCUT2D eigenvalue weighted by Crippen LogP contribution is 2.23. The van der Waals surface area contributed by atoms with Gasteiger partial charge in [-0.05, 0) is 5.56 Å². The highest BCUT2D eigenvalue weighted by atomic mass is 16.3. The summed E-state index contributed by atoms with van der Waals surface area (Å²) in [5.41, 5.74) is 1.17. The molecule has 0 amide bonds. The molecular weight excluding hydrogens is 172 g/mol. The molecule has 3 unspecified atom stereocenters. The van der Waals surface area contributed by atoms with Crippen molar-refractivity contribution in [3.05, 3.63) is 48.6 Å². The molecule has 1 heteroatoms. The van der Waals surface area contributed by atoms with Crippen LogP contribution in [0.4, 0.5) is 0 Å². The molecule has 1 aromatic carbocycles. The molecule has 76 valence electrons. The summed E-state index contributed by atoms with van der Waals surface area (Å²) in [6.45, 7) is 7.72. The summed E-state index contributed by atoms with van der Waals surface area (Å²) in [6.07, 6.45) is 1.44. The van der Waals surface area contributed by atoms with Gasteiger partial charge in [0, 0.05) is 11.8 Å². The Kier molecular flexibility index (Phi) is 3.90. The number of aliphatic hydroxyl groups is 1. The van der Waals surface area contributed by atoms with Gasteiger partial charge in [0.05, 0.1) is 6.10 Å². The minimum Gasteiger partial charge on any atom is -0.392 e. The van der Waals surface area contributed by atoms with Crippen molar-refractivity contribution >= 4 is 0 Å². The maximum absolute atomic E-state index is 9.97. The van der Waals surface area contributed by atoms with Crippen molar-refractivity contribution < 1.29 is 5.11 Å². The van der Waals surface area contributed by atoms with Crippen LogP contribution in [0.25, 0.3) is 0 Å². The average molecular weight is 190 g/mol. The van der Waals surface area contributed by atoms with Gasteiger partial charge in [-0.3, -0.25) is 0 Å². The van der Waals surface area contributed by atoms with E-state index in [0.717, 1.165) is 0 Å². The van der Waals surface area contributed by atoms with Crippen LogP contribution in [0.15, 0.2) is 43.0 Å². The third-order valence-electron chi connectivity index (χ3n) is 2.75. The predicted molar refractivity (Wildman–Crippen MR) is 60.2 cm³/mol. The molecule has 0 heterocycles. The minimum atomic E-state index is -0.352. The number of hydrogen-bond donors (Lipinski definition) is 1. The summed E-state index contributed by atoms with van der Waals surface area (Å²) >= 11 is 0. The van der Waals surface area contributed by atoms with E-state index >= 15 is 0 Å². The van der Waals surface area contributed by atoms with Crippen LogP contribution in [0.5, 0.6) is 0 Å². The Bertz CT molecular complexity index is 279. The topological polar surface area (TPSA) is 20.2 Å². The van der Waals surface area contributed by atoms with Crippen molar-refractivity contribution in [2.45, 2.75) is 25.9 Å². The van der Waals surface area contributed by atoms with Gasteiger partial charge in [0.2, 0.25) is 0 Å². The van der Waals surface area contributed by atoms with E-state index in [1.54, 1.807) is 6.08 Å². The Labute approximate surface area is 86.1 Å². The number of rotatable bonds is 4. The van der Waals surface area contributed by atoms with E-state index in [0.29, 0.717) is 0 Å². The second kappa shape index (κ2) is 4.97. The average Bonchev–Trinajstić information content (AvgIpc) is 2.27. The molecule has 0 aromatic heterocycles. The number of aliphatic hydroxyl groups excluding tert-OH is 1. The lowest BCUT2D eigenvalue weighted by atomic mass is 9.88. The Morgan fingerprint density at radius 1 is 1.21 bits per heavy atom. The predicted octanol–water partition coefficient (Wildman–Crippen LogP) is 2.97. The summed E-state index contributed by atoms with van der Waals surface area (Å²) in [4.78, 5) is 0. The van der Waals surface area contributed by atoms with Gasteiger partial charge in [-0.25, -0.2) is 0 Å². The molecule has 3 atom stereocenters. The van der Waals surface area contributed by atoms with Gasteiger partial charge in [-0.2, -0.15) is 0 Å². The Morgan fingerprint density at radius 3 is 2.29 bits per heavy atom. The van der Waals surface area contributed by atoms with Crippen LogP contribution in [0.2, 0.25) is 0 Å². The normalized spacial score (nSPS) is 17.1. The van der Waals surface area contributed by atoms with Gasteiger partial charge in [0.15, 0.2) is 0 Å². The molecule has 1 aromatic rings. The molecule has 1 nitrogen and oxygen atoms in total. The summed E-state index contributed by atoms with van der Waals surface area (Å²) in [6, 6.07) is 10.1. The third kappa shape index (κ3) is 2.46. The minimum absolute atomic E-state index is 0.130. The molecule has 0 aliphatic rings. The molecule has 0 saturated carbocycles. The fourth-order valence-corrected chi connectivity index (χ4v) is 1.55. The van der Waals surface area contributed by atoms with E-state index in [1.807, 2.05) is 44.2 Å². The lowest BCUT2D eigenvalue weighted by Crippen LogP contribution is -2.22. The van der Waals surface area contributed by atoms with Crippen LogP contribution in [-0.4, -0.2) is 11.2 Å². The first kappa shape index (κ1) is 11.0. The van der Waals surface area contributed by atoms with Crippen molar-refractivity contribution in [2.24, 2.45) is 5.92 Å². The highest BCUT2D eigenvalue weighted by Gasteiger charge is 2.19. The highest BCUT2D eigenvalue weighted by molar-refractivity contribution is 5.20. The van der Waals surface area contributed by atoms with Crippen molar-refractivity contribution in [3.8, 4) is 0 Å². The van der Waals surface area contributed by atoms with Crippen LogP contribution < -0.4 is 0 Å². The van der Waals surface area contributed by atoms with Gasteiger partial charge in [0.25, 0.3) is 0 Å². The second-order valence-electron chi connectivity index (χ2n) is 3.78. The standard InChI is InChI=1S/C13H18O/c1-4-10(2)13(14)11(3)12-8-6-5-7-9-12/h4-11,13-14H,1H2,2-3H3. The molecule has 0 radical (unpaired) electrons. The van der Waals surface area contributed by atoms with Crippen LogP contribution in [0.1, 0.15) is 25.3 Å². The first-order valence-electron chi connectivity index (χ1n) is 5.02. The van der Waals surface area contributed by atoms with E-state index in [9.17, 15) is 5.11 Å². The van der Waals surface area contributed by atoms with Crippen molar-refractivity contribution in [1.29, 1.82) is 0 Å². The van der Waals surface area contributed by atoms with E-state index in [1.165, 1.54) is 5.56 Å². The first-order valence-corrected chi connectivity index (χ1v) is 5.02. The zero-order chi connectivity index (χ0) is 10.6. The molecule has 0 spiro atoms. The molecule has 1 rings (SSSR count). The Morgan fingerprint density at radius 2 is 1.79 bits per heavy atom. The largest absolute Gasteiger partial charge is 0.392 e. The smallest absolute Gasteiger partial charge is 0.0665 e. The van der Waals surface area contributed by atoms with Crippen LogP contribution in [0, 0.1) is 5.92 Å². The number of benzene rings is 1. The van der Waals surface area contributed by atoms with Crippen molar-refractivity contribution in [1.82, 2.24) is 0 Å². The van der Waals surface area contributed by atoms with Crippen molar-refractivity contribution in [3.63, 3.8) is 0 Å². The van der Waals surface area contributed by atoms with E-state index in [-0.39, 0.29) is 17.9 Å². The van der Waals surface area contributed by atoms with Crippen LogP contribution in [-0.2, 0) is 0 Å². The fraction of sp³-hybridized carbons (Fsp3) is 0.385. The Balaban J connectivity index is 2.75. The molecule has 0 fully saturated rings. The molecule has 0 aliphatic carbocycles. The van der Waals surface area contributed by atoms with Crippen molar-refractivity contribution in [2.75, 3.05) is 0 Å². The quantitative estimate of drug-likeness (QED) is 0.724. The lowest BCUT2D eigenvalue weighted by molar-refractivity contribution is 0.114. The van der Waals surface area contributed by atoms with Crippen LogP contribution >= 0.6 is 0 Å². The summed E-state index contributed by atoms with van der Waals surface area (Å²) in [5, 5.41) is 9.97. The van der Waals surface area contributed by atoms with Gasteiger partial charge >= 0.3 is 0 Å². The molecule has 1 N–H and O–H groups in total. The molecule has 14 heavy (non-hydrogen) atoms. The summed E-state index contributed by atoms with van der Waals surface area (Å²) in [7, 11) is 0. The van der Waals surface area contributed by atoms with Gasteiger partial charge in [-0.15, -0.1) is 6.58 Å². The SMILES string of the molecule is C=CC(C)C(O)C(C)c1ccccc1. The maximum Gasteiger partial charge on any atom is 0.0665 e. The zero-order valence-corrected chi connectivity index (χ0v) is 8.85. The third-order valence-corrected chi connectivity index (χ3v) is 2.75. The molecule has 0 bridgehead atoms. The zero-order valence-electron chi connectivity index (χ0n) is 8.85. The second-order valence-corrected chi connectivity index (χ2v) is 3.78. The molecule has 0 aliphatic heterocycles. The van der Waals surface area contributed by atoms with Gasteiger partial charge < -0.3 is 5.11 Å². The maximum atomic E-state index is 9.97. The molecular formula is C13H18O. The molecule has 0 saturated heterocycles. The van der Waals surface area contributed by atoms with E-state index in [2.05, 4.69) is 6.58 Å². The first-order chi connectivity index (χ1) is 6.66. The Hall–Kier alpha value is -1.08. The summed E-state index contributed by atoms with van der Waals surface area (Å²) < 4.78 is 0.